The molecule has 1 aromatic carbocycles. The van der Waals surface area contributed by atoms with Gasteiger partial charge in [-0.3, -0.25) is 9.59 Å². The number of carbonyl (C=O) groups excluding carboxylic acids is 2. The number of ether oxygens (including phenoxy) is 3. The first-order valence-electron chi connectivity index (χ1n) is 7.45. The number of anilines is 1. The topological polar surface area (TPSA) is 65.1 Å². The van der Waals surface area contributed by atoms with Gasteiger partial charge in [0.2, 0.25) is 17.6 Å². The van der Waals surface area contributed by atoms with Gasteiger partial charge in [-0.05, 0) is 12.8 Å². The highest BCUT2D eigenvalue weighted by atomic mass is 16.5. The van der Waals surface area contributed by atoms with Crippen molar-refractivity contribution in [3.8, 4) is 17.2 Å². The molecule has 0 radical (unpaired) electrons. The van der Waals surface area contributed by atoms with E-state index in [2.05, 4.69) is 0 Å². The van der Waals surface area contributed by atoms with E-state index < -0.39 is 0 Å². The Morgan fingerprint density at radius 2 is 1.35 bits per heavy atom. The molecule has 2 atom stereocenters. The molecule has 6 nitrogen and oxygen atoms in total. The zero-order valence-electron chi connectivity index (χ0n) is 13.4. The summed E-state index contributed by atoms with van der Waals surface area (Å²) < 4.78 is 15.9. The lowest BCUT2D eigenvalue weighted by atomic mass is 9.85. The molecule has 1 saturated heterocycles. The van der Waals surface area contributed by atoms with E-state index in [-0.39, 0.29) is 23.7 Å². The maximum atomic E-state index is 12.7. The maximum absolute atomic E-state index is 12.7. The summed E-state index contributed by atoms with van der Waals surface area (Å²) in [6, 6.07) is 3.25. The molecule has 6 heteroatoms. The number of methoxy groups -OCH3 is 3. The van der Waals surface area contributed by atoms with Gasteiger partial charge in [-0.15, -0.1) is 0 Å². The lowest BCUT2D eigenvalue weighted by molar-refractivity contribution is -0.122. The number of imide groups is 1. The fourth-order valence-corrected chi connectivity index (χ4v) is 3.25. The van der Waals surface area contributed by atoms with Crippen LogP contribution in [0.4, 0.5) is 5.69 Å². The van der Waals surface area contributed by atoms with E-state index in [9.17, 15) is 9.59 Å². The standard InChI is InChI=1S/C17H19NO5/c1-21-13-8-10(9-14(22-2)15(13)23-3)18-16(19)11-6-4-5-7-12(11)17(18)20/h4-5,8-9,11-12H,6-7H2,1-3H3/t11-,12+. The van der Waals surface area contributed by atoms with Crippen molar-refractivity contribution in [3.63, 3.8) is 0 Å². The molecule has 122 valence electrons. The van der Waals surface area contributed by atoms with Crippen LogP contribution in [0.15, 0.2) is 24.3 Å². The van der Waals surface area contributed by atoms with E-state index in [4.69, 9.17) is 14.2 Å². The van der Waals surface area contributed by atoms with Gasteiger partial charge in [0, 0.05) is 12.1 Å². The van der Waals surface area contributed by atoms with E-state index >= 15 is 0 Å². The molecule has 0 aromatic heterocycles. The molecule has 1 fully saturated rings. The van der Waals surface area contributed by atoms with Crippen molar-refractivity contribution in [2.24, 2.45) is 11.8 Å². The Kier molecular flexibility index (Phi) is 3.98. The second kappa shape index (κ2) is 5.95. The van der Waals surface area contributed by atoms with Crippen molar-refractivity contribution in [1.82, 2.24) is 0 Å². The van der Waals surface area contributed by atoms with Crippen molar-refractivity contribution < 1.29 is 23.8 Å². The summed E-state index contributed by atoms with van der Waals surface area (Å²) in [6.45, 7) is 0. The van der Waals surface area contributed by atoms with Gasteiger partial charge in [-0.1, -0.05) is 12.2 Å². The van der Waals surface area contributed by atoms with Crippen LogP contribution in [0.25, 0.3) is 0 Å². The molecule has 1 aliphatic heterocycles. The average molecular weight is 317 g/mol. The minimum atomic E-state index is -0.272. The molecular formula is C17H19NO5. The minimum Gasteiger partial charge on any atom is -0.493 e. The Bertz CT molecular complexity index is 631. The quantitative estimate of drug-likeness (QED) is 0.629. The molecule has 3 rings (SSSR count). The van der Waals surface area contributed by atoms with E-state index in [1.165, 1.54) is 26.2 Å². The third-order valence-corrected chi connectivity index (χ3v) is 4.42. The highest BCUT2D eigenvalue weighted by Gasteiger charge is 2.48. The molecular weight excluding hydrogens is 298 g/mol. The number of hydrogen-bond acceptors (Lipinski definition) is 5. The third kappa shape index (κ3) is 2.34. The molecule has 0 unspecified atom stereocenters. The summed E-state index contributed by atoms with van der Waals surface area (Å²) in [5.41, 5.74) is 0.448. The summed E-state index contributed by atoms with van der Waals surface area (Å²) in [5.74, 6) is 0.373. The predicted octanol–water partition coefficient (Wildman–Crippen LogP) is 2.17. The predicted molar refractivity (Wildman–Crippen MR) is 83.9 cm³/mol. The molecule has 1 heterocycles. The molecule has 23 heavy (non-hydrogen) atoms. The minimum absolute atomic E-state index is 0.168. The number of nitrogens with zero attached hydrogens (tertiary/aromatic N) is 1. The number of amides is 2. The van der Waals surface area contributed by atoms with Crippen LogP contribution in [0.1, 0.15) is 12.8 Å². The Morgan fingerprint density at radius 1 is 0.870 bits per heavy atom. The van der Waals surface area contributed by atoms with Crippen molar-refractivity contribution in [2.45, 2.75) is 12.8 Å². The van der Waals surface area contributed by atoms with E-state index in [1.807, 2.05) is 12.2 Å². The Morgan fingerprint density at radius 3 is 1.74 bits per heavy atom. The number of rotatable bonds is 4. The molecule has 2 amide bonds. The lowest BCUT2D eigenvalue weighted by Crippen LogP contribution is -2.30. The van der Waals surface area contributed by atoms with Crippen molar-refractivity contribution in [2.75, 3.05) is 26.2 Å². The first kappa shape index (κ1) is 15.4. The first-order chi connectivity index (χ1) is 11.1. The van der Waals surface area contributed by atoms with E-state index in [1.54, 1.807) is 12.1 Å². The fraction of sp³-hybridized carbons (Fsp3) is 0.412. The number of allylic oxidation sites excluding steroid dienone is 2. The highest BCUT2D eigenvalue weighted by molar-refractivity contribution is 6.22. The molecule has 2 aliphatic rings. The van der Waals surface area contributed by atoms with Gasteiger partial charge in [-0.2, -0.15) is 0 Å². The van der Waals surface area contributed by atoms with Gasteiger partial charge in [-0.25, -0.2) is 4.90 Å². The van der Waals surface area contributed by atoms with Crippen molar-refractivity contribution >= 4 is 17.5 Å². The number of benzene rings is 1. The van der Waals surface area contributed by atoms with Gasteiger partial charge in [0.15, 0.2) is 11.5 Å². The maximum Gasteiger partial charge on any atom is 0.238 e. The van der Waals surface area contributed by atoms with Gasteiger partial charge >= 0.3 is 0 Å². The van der Waals surface area contributed by atoms with Crippen LogP contribution in [0, 0.1) is 11.8 Å². The molecule has 1 aromatic rings. The van der Waals surface area contributed by atoms with Crippen LogP contribution >= 0.6 is 0 Å². The normalized spacial score (nSPS) is 23.0. The summed E-state index contributed by atoms with van der Waals surface area (Å²) in [5, 5.41) is 0. The van der Waals surface area contributed by atoms with Crippen LogP contribution in [0.5, 0.6) is 17.2 Å². The second-order valence-electron chi connectivity index (χ2n) is 5.55. The van der Waals surface area contributed by atoms with Gasteiger partial charge in [0.25, 0.3) is 0 Å². The van der Waals surface area contributed by atoms with Crippen LogP contribution in [-0.2, 0) is 9.59 Å². The largest absolute Gasteiger partial charge is 0.493 e. The molecule has 0 bridgehead atoms. The molecule has 0 N–H and O–H groups in total. The van der Waals surface area contributed by atoms with Crippen LogP contribution in [-0.4, -0.2) is 33.1 Å². The Labute approximate surface area is 134 Å². The Balaban J connectivity index is 2.05. The number of hydrogen-bond donors (Lipinski definition) is 0. The number of fused-ring (bicyclic) bond motifs is 1. The van der Waals surface area contributed by atoms with E-state index in [0.29, 0.717) is 35.8 Å². The zero-order valence-corrected chi connectivity index (χ0v) is 13.4. The summed E-state index contributed by atoms with van der Waals surface area (Å²) in [7, 11) is 4.50. The van der Waals surface area contributed by atoms with Gasteiger partial charge < -0.3 is 14.2 Å². The van der Waals surface area contributed by atoms with Crippen molar-refractivity contribution in [1.29, 1.82) is 0 Å². The van der Waals surface area contributed by atoms with Gasteiger partial charge in [0.1, 0.15) is 0 Å². The van der Waals surface area contributed by atoms with Crippen molar-refractivity contribution in [3.05, 3.63) is 24.3 Å². The van der Waals surface area contributed by atoms with Crippen LogP contribution in [0.2, 0.25) is 0 Å². The molecule has 0 saturated carbocycles. The molecule has 1 aliphatic carbocycles. The zero-order chi connectivity index (χ0) is 16.6. The smallest absolute Gasteiger partial charge is 0.238 e. The summed E-state index contributed by atoms with van der Waals surface area (Å²) >= 11 is 0. The van der Waals surface area contributed by atoms with E-state index in [0.717, 1.165) is 0 Å². The molecule has 0 spiro atoms. The fourth-order valence-electron chi connectivity index (χ4n) is 3.25. The SMILES string of the molecule is COc1cc(N2C(=O)[C@H]3CC=CC[C@H]3C2=O)cc(OC)c1OC. The van der Waals surface area contributed by atoms with Crippen LogP contribution in [0.3, 0.4) is 0 Å². The first-order valence-corrected chi connectivity index (χ1v) is 7.45. The highest BCUT2D eigenvalue weighted by Crippen LogP contribution is 2.44. The summed E-state index contributed by atoms with van der Waals surface area (Å²) in [6.07, 6.45) is 5.14. The third-order valence-electron chi connectivity index (χ3n) is 4.42. The second-order valence-corrected chi connectivity index (χ2v) is 5.55. The average Bonchev–Trinajstić information content (AvgIpc) is 2.85. The lowest BCUT2D eigenvalue weighted by Gasteiger charge is -2.19. The monoisotopic (exact) mass is 317 g/mol. The number of carbonyl (C=O) groups is 2. The van der Waals surface area contributed by atoms with Gasteiger partial charge in [0.05, 0.1) is 38.9 Å². The Hall–Kier alpha value is -2.50. The van der Waals surface area contributed by atoms with Crippen LogP contribution < -0.4 is 19.1 Å². The summed E-state index contributed by atoms with van der Waals surface area (Å²) in [4.78, 5) is 26.6.